The van der Waals surface area contributed by atoms with E-state index >= 15 is 0 Å². The smallest absolute Gasteiger partial charge is 0.376 e. The maximum atomic E-state index is 13.5. The number of nitriles is 1. The molecule has 39 heavy (non-hydrogen) atoms. The third-order valence-electron chi connectivity index (χ3n) is 7.51. The monoisotopic (exact) mass is 547 g/mol. The van der Waals surface area contributed by atoms with E-state index in [4.69, 9.17) is 10.00 Å². The fraction of sp³-hybridized carbons (Fsp3) is 0.577. The van der Waals surface area contributed by atoms with Crippen LogP contribution in [0.1, 0.15) is 38.2 Å². The summed E-state index contributed by atoms with van der Waals surface area (Å²) in [7, 11) is 0. The van der Waals surface area contributed by atoms with Crippen LogP contribution in [0.25, 0.3) is 0 Å². The van der Waals surface area contributed by atoms with Crippen LogP contribution in [0.5, 0.6) is 0 Å². The van der Waals surface area contributed by atoms with E-state index < -0.39 is 17.3 Å². The number of hydrogen-bond donors (Lipinski definition) is 1. The number of halogens is 3. The predicted molar refractivity (Wildman–Crippen MR) is 138 cm³/mol. The molecule has 0 aromatic carbocycles. The number of rotatable bonds is 8. The van der Waals surface area contributed by atoms with Crippen molar-refractivity contribution in [2.24, 2.45) is 10.9 Å². The second-order valence-electron chi connectivity index (χ2n) is 10.0. The number of aromatic amines is 1. The van der Waals surface area contributed by atoms with Gasteiger partial charge in [0.25, 0.3) is 5.56 Å². The summed E-state index contributed by atoms with van der Waals surface area (Å²) in [5.41, 5.74) is -2.16. The molecule has 1 aromatic rings. The Morgan fingerprint density at radius 2 is 1.95 bits per heavy atom. The average molecular weight is 548 g/mol. The molecule has 1 saturated carbocycles. The number of aromatic nitrogens is 2. The number of anilines is 1. The average Bonchev–Trinajstić information content (AvgIpc) is 3.35. The number of piperazine rings is 1. The van der Waals surface area contributed by atoms with Crippen molar-refractivity contribution in [2.75, 3.05) is 44.2 Å². The van der Waals surface area contributed by atoms with Crippen LogP contribution >= 0.6 is 0 Å². The maximum Gasteiger partial charge on any atom is 0.423 e. The molecule has 1 aliphatic carbocycles. The number of aliphatic imine (C=N–C) groups is 1. The van der Waals surface area contributed by atoms with Gasteiger partial charge in [-0.2, -0.15) is 23.5 Å². The van der Waals surface area contributed by atoms with Gasteiger partial charge in [-0.05, 0) is 51.5 Å². The molecule has 0 radical (unpaired) electrons. The van der Waals surface area contributed by atoms with E-state index in [0.29, 0.717) is 69.8 Å². The number of H-pyrrole nitrogens is 1. The number of carbonyl (C=O) groups excluding carboxylic acids is 1. The van der Waals surface area contributed by atoms with Crippen molar-refractivity contribution >= 4 is 18.3 Å². The van der Waals surface area contributed by atoms with Crippen LogP contribution in [-0.4, -0.2) is 84.1 Å². The Balaban J connectivity index is 1.25. The number of hydrogen-bond acceptors (Lipinski definition) is 8. The first kappa shape index (κ1) is 28.4. The molecule has 10 nitrogen and oxygen atoms in total. The highest BCUT2D eigenvalue weighted by Crippen LogP contribution is 2.37. The third kappa shape index (κ3) is 6.50. The lowest BCUT2D eigenvalue weighted by atomic mass is 9.81. The summed E-state index contributed by atoms with van der Waals surface area (Å²) >= 11 is 0. The van der Waals surface area contributed by atoms with E-state index in [1.807, 2.05) is 14.9 Å². The number of ether oxygens (including phenoxy) is 1. The van der Waals surface area contributed by atoms with E-state index in [2.05, 4.69) is 22.9 Å². The molecule has 1 amide bonds. The van der Waals surface area contributed by atoms with Crippen LogP contribution in [0, 0.1) is 17.2 Å². The minimum atomic E-state index is -4.79. The molecule has 1 atom stereocenters. The van der Waals surface area contributed by atoms with E-state index in [-0.39, 0.29) is 36.3 Å². The number of amides is 1. The first-order chi connectivity index (χ1) is 18.6. The summed E-state index contributed by atoms with van der Waals surface area (Å²) in [5, 5.41) is 14.4. The zero-order chi connectivity index (χ0) is 28.2. The Kier molecular flexibility index (Phi) is 8.74. The van der Waals surface area contributed by atoms with Gasteiger partial charge in [-0.1, -0.05) is 0 Å². The first-order valence-corrected chi connectivity index (χ1v) is 12.9. The number of carbonyl (C=O) groups is 1. The largest absolute Gasteiger partial charge is 0.423 e. The molecule has 3 heterocycles. The van der Waals surface area contributed by atoms with Gasteiger partial charge in [0.1, 0.15) is 11.4 Å². The van der Waals surface area contributed by atoms with Crippen LogP contribution in [0.2, 0.25) is 0 Å². The minimum absolute atomic E-state index is 0.0821. The van der Waals surface area contributed by atoms with Gasteiger partial charge in [0, 0.05) is 44.2 Å². The Labute approximate surface area is 224 Å². The summed E-state index contributed by atoms with van der Waals surface area (Å²) in [5.74, 6) is 0.607. The van der Waals surface area contributed by atoms with E-state index in [0.717, 1.165) is 6.20 Å². The van der Waals surface area contributed by atoms with Gasteiger partial charge in [-0.15, -0.1) is 0 Å². The summed E-state index contributed by atoms with van der Waals surface area (Å²) < 4.78 is 46.6. The van der Waals surface area contributed by atoms with Gasteiger partial charge >= 0.3 is 6.18 Å². The van der Waals surface area contributed by atoms with Gasteiger partial charge in [0.2, 0.25) is 5.91 Å². The molecule has 1 aromatic heterocycles. The van der Waals surface area contributed by atoms with Crippen molar-refractivity contribution < 1.29 is 22.7 Å². The molecule has 3 aliphatic rings. The van der Waals surface area contributed by atoms with Gasteiger partial charge in [-0.25, -0.2) is 10.1 Å². The van der Waals surface area contributed by atoms with Crippen LogP contribution in [0.4, 0.5) is 18.9 Å². The topological polar surface area (TPSA) is 118 Å². The number of nitrogens with one attached hydrogen (secondary N) is 1. The third-order valence-corrected chi connectivity index (χ3v) is 7.51. The highest BCUT2D eigenvalue weighted by Gasteiger charge is 2.42. The Hall–Kier alpha value is -3.66. The normalized spacial score (nSPS) is 24.4. The molecule has 0 spiro atoms. The van der Waals surface area contributed by atoms with Crippen LogP contribution in [0.15, 0.2) is 39.5 Å². The Morgan fingerprint density at radius 1 is 1.26 bits per heavy atom. The molecule has 0 bridgehead atoms. The number of nitrogens with zero attached hydrogens (tertiary/aromatic N) is 6. The molecule has 2 saturated heterocycles. The molecular weight excluding hydrogens is 515 g/mol. The van der Waals surface area contributed by atoms with Crippen molar-refractivity contribution in [3.05, 3.63) is 45.7 Å². The van der Waals surface area contributed by atoms with Crippen molar-refractivity contribution in [3.63, 3.8) is 0 Å². The second-order valence-corrected chi connectivity index (χ2v) is 10.0. The summed E-state index contributed by atoms with van der Waals surface area (Å²) in [4.78, 5) is 34.3. The first-order valence-electron chi connectivity index (χ1n) is 12.9. The highest BCUT2D eigenvalue weighted by atomic mass is 19.4. The van der Waals surface area contributed by atoms with E-state index in [1.165, 1.54) is 0 Å². The fourth-order valence-electron chi connectivity index (χ4n) is 5.27. The molecule has 210 valence electrons. The quantitative estimate of drug-likeness (QED) is 0.302. The minimum Gasteiger partial charge on any atom is -0.376 e. The Bertz CT molecular complexity index is 1220. The predicted octanol–water partition coefficient (Wildman–Crippen LogP) is 2.71. The van der Waals surface area contributed by atoms with Gasteiger partial charge in [0.05, 0.1) is 36.7 Å². The molecular formula is C26H32F3N7O3. The SMILES string of the molecule is C=N/C(=C\C=C(/C)C#N)N1CCN(C(=O)[C@H]2C[C@@H](OC[C@@H]3CCCN3c3cn[nH]c(=O)c3C(F)(F)F)C2)CC1. The molecule has 2 aliphatic heterocycles. The van der Waals surface area contributed by atoms with Gasteiger partial charge in [0.15, 0.2) is 0 Å². The van der Waals surface area contributed by atoms with Crippen LogP contribution in [0.3, 0.4) is 0 Å². The lowest BCUT2D eigenvalue weighted by Crippen LogP contribution is -2.52. The highest BCUT2D eigenvalue weighted by molar-refractivity contribution is 5.80. The molecule has 0 unspecified atom stereocenters. The summed E-state index contributed by atoms with van der Waals surface area (Å²) in [6.07, 6.45) is 2.04. The summed E-state index contributed by atoms with van der Waals surface area (Å²) in [6.45, 7) is 8.23. The lowest BCUT2D eigenvalue weighted by Gasteiger charge is -2.41. The molecule has 13 heteroatoms. The van der Waals surface area contributed by atoms with Gasteiger partial charge in [-0.3, -0.25) is 9.59 Å². The zero-order valence-corrected chi connectivity index (χ0v) is 21.8. The molecule has 4 rings (SSSR count). The maximum absolute atomic E-state index is 13.5. The lowest BCUT2D eigenvalue weighted by molar-refractivity contribution is -0.146. The van der Waals surface area contributed by atoms with Crippen molar-refractivity contribution in [2.45, 2.75) is 50.9 Å². The standard InChI is InChI=1S/C26H32F3N7O3/c1-17(14-30)5-6-22(31-2)34-8-10-35(11-9-34)25(38)18-12-20(13-18)39-16-19-4-3-7-36(19)21-15-32-33-24(37)23(21)26(27,28)29/h5-6,15,18-20H,2-4,7-13,16H2,1H3,(H,33,37)/b17-5+,22-6+/t18-,19-,20+/m0/s1. The van der Waals surface area contributed by atoms with E-state index in [9.17, 15) is 22.8 Å². The Morgan fingerprint density at radius 3 is 2.59 bits per heavy atom. The fourth-order valence-corrected chi connectivity index (χ4v) is 5.27. The van der Waals surface area contributed by atoms with Crippen LogP contribution < -0.4 is 10.5 Å². The second kappa shape index (κ2) is 12.0. The molecule has 1 N–H and O–H groups in total. The molecule has 3 fully saturated rings. The summed E-state index contributed by atoms with van der Waals surface area (Å²) in [6, 6.07) is 1.76. The van der Waals surface area contributed by atoms with Gasteiger partial charge < -0.3 is 19.4 Å². The number of alkyl halides is 3. The van der Waals surface area contributed by atoms with E-state index in [1.54, 1.807) is 24.0 Å². The zero-order valence-electron chi connectivity index (χ0n) is 21.8. The van der Waals surface area contributed by atoms with Crippen LogP contribution in [-0.2, 0) is 15.7 Å². The van der Waals surface area contributed by atoms with Crippen molar-refractivity contribution in [3.8, 4) is 6.07 Å². The van der Waals surface area contributed by atoms with Crippen molar-refractivity contribution in [1.82, 2.24) is 20.0 Å². The van der Waals surface area contributed by atoms with Crippen molar-refractivity contribution in [1.29, 1.82) is 5.26 Å². The number of allylic oxidation sites excluding steroid dienone is 3.